The summed E-state index contributed by atoms with van der Waals surface area (Å²) in [4.78, 5) is 6.62. The van der Waals surface area contributed by atoms with Crippen LogP contribution in [0.5, 0.6) is 0 Å². The Morgan fingerprint density at radius 1 is 1.28 bits per heavy atom. The highest BCUT2D eigenvalue weighted by atomic mass is 19.1. The fraction of sp³-hybridized carbons (Fsp3) is 0.632. The van der Waals surface area contributed by atoms with Gasteiger partial charge in [-0.15, -0.1) is 0 Å². The predicted molar refractivity (Wildman–Crippen MR) is 96.8 cm³/mol. The Labute approximate surface area is 149 Å². The van der Waals surface area contributed by atoms with Crippen LogP contribution in [0.15, 0.2) is 23.2 Å². The SMILES string of the molecule is CCNC(=NCCc1c(F)cccc1F)N(C)CCC1CCOCC1. The van der Waals surface area contributed by atoms with Crippen molar-refractivity contribution in [3.8, 4) is 0 Å². The van der Waals surface area contributed by atoms with Crippen LogP contribution in [0.25, 0.3) is 0 Å². The monoisotopic (exact) mass is 353 g/mol. The van der Waals surface area contributed by atoms with E-state index >= 15 is 0 Å². The maximum Gasteiger partial charge on any atom is 0.193 e. The fourth-order valence-electron chi connectivity index (χ4n) is 3.03. The highest BCUT2D eigenvalue weighted by Crippen LogP contribution is 2.18. The van der Waals surface area contributed by atoms with E-state index in [-0.39, 0.29) is 12.0 Å². The molecule has 25 heavy (non-hydrogen) atoms. The van der Waals surface area contributed by atoms with Gasteiger partial charge < -0.3 is 15.0 Å². The molecule has 140 valence electrons. The van der Waals surface area contributed by atoms with Crippen LogP contribution in [0.4, 0.5) is 8.78 Å². The molecular weight excluding hydrogens is 324 g/mol. The molecule has 1 heterocycles. The molecule has 0 spiro atoms. The molecule has 0 amide bonds. The Bertz CT molecular complexity index is 539. The smallest absolute Gasteiger partial charge is 0.193 e. The molecule has 6 heteroatoms. The van der Waals surface area contributed by atoms with E-state index < -0.39 is 11.6 Å². The quantitative estimate of drug-likeness (QED) is 0.604. The highest BCUT2D eigenvalue weighted by molar-refractivity contribution is 5.79. The molecule has 1 saturated heterocycles. The standard InChI is InChI=1S/C19H29F2N3O/c1-3-22-19(24(2)12-8-15-9-13-25-14-10-15)23-11-7-16-17(20)5-4-6-18(16)21/h4-6,15H,3,7-14H2,1-2H3,(H,22,23). The summed E-state index contributed by atoms with van der Waals surface area (Å²) in [7, 11) is 2.00. The van der Waals surface area contributed by atoms with Gasteiger partial charge in [-0.1, -0.05) is 6.07 Å². The molecule has 1 aliphatic rings. The number of benzene rings is 1. The lowest BCUT2D eigenvalue weighted by atomic mass is 9.96. The minimum Gasteiger partial charge on any atom is -0.381 e. The Hall–Kier alpha value is -1.69. The number of nitrogens with zero attached hydrogens (tertiary/aromatic N) is 2. The van der Waals surface area contributed by atoms with Gasteiger partial charge in [0.05, 0.1) is 0 Å². The zero-order valence-corrected chi connectivity index (χ0v) is 15.2. The maximum absolute atomic E-state index is 13.7. The average Bonchev–Trinajstić information content (AvgIpc) is 2.62. The number of nitrogens with one attached hydrogen (secondary N) is 1. The van der Waals surface area contributed by atoms with Gasteiger partial charge in [0.1, 0.15) is 11.6 Å². The van der Waals surface area contributed by atoms with E-state index in [1.54, 1.807) is 0 Å². The van der Waals surface area contributed by atoms with E-state index in [9.17, 15) is 8.78 Å². The lowest BCUT2D eigenvalue weighted by Crippen LogP contribution is -2.40. The van der Waals surface area contributed by atoms with E-state index in [0.717, 1.165) is 51.5 Å². The lowest BCUT2D eigenvalue weighted by molar-refractivity contribution is 0.0625. The Morgan fingerprint density at radius 2 is 1.96 bits per heavy atom. The van der Waals surface area contributed by atoms with Gasteiger partial charge in [-0.2, -0.15) is 0 Å². The first-order valence-corrected chi connectivity index (χ1v) is 9.12. The number of guanidine groups is 1. The fourth-order valence-corrected chi connectivity index (χ4v) is 3.03. The number of rotatable bonds is 7. The number of hydrogen-bond donors (Lipinski definition) is 1. The van der Waals surface area contributed by atoms with Crippen LogP contribution >= 0.6 is 0 Å². The summed E-state index contributed by atoms with van der Waals surface area (Å²) in [5.74, 6) is 0.471. The van der Waals surface area contributed by atoms with Crippen molar-refractivity contribution >= 4 is 5.96 Å². The van der Waals surface area contributed by atoms with Gasteiger partial charge in [0.15, 0.2) is 5.96 Å². The molecule has 0 saturated carbocycles. The van der Waals surface area contributed by atoms with Gasteiger partial charge in [-0.05, 0) is 50.7 Å². The zero-order chi connectivity index (χ0) is 18.1. The molecule has 2 rings (SSSR count). The molecule has 0 aliphatic carbocycles. The minimum atomic E-state index is -0.506. The van der Waals surface area contributed by atoms with Crippen LogP contribution in [0, 0.1) is 17.6 Å². The summed E-state index contributed by atoms with van der Waals surface area (Å²) >= 11 is 0. The molecule has 1 aromatic rings. The molecule has 0 atom stereocenters. The molecular formula is C19H29F2N3O. The second-order valence-corrected chi connectivity index (χ2v) is 6.45. The average molecular weight is 353 g/mol. The molecule has 1 aromatic carbocycles. The highest BCUT2D eigenvalue weighted by Gasteiger charge is 2.15. The number of aliphatic imine (C=N–C) groups is 1. The predicted octanol–water partition coefficient (Wildman–Crippen LogP) is 3.22. The van der Waals surface area contributed by atoms with Gasteiger partial charge in [-0.3, -0.25) is 4.99 Å². The van der Waals surface area contributed by atoms with Crippen LogP contribution in [-0.2, 0) is 11.2 Å². The van der Waals surface area contributed by atoms with E-state index in [1.807, 2.05) is 14.0 Å². The van der Waals surface area contributed by atoms with Gasteiger partial charge in [0.2, 0.25) is 0 Å². The summed E-state index contributed by atoms with van der Waals surface area (Å²) in [5, 5.41) is 3.25. The van der Waals surface area contributed by atoms with Crippen LogP contribution in [0.2, 0.25) is 0 Å². The number of halogens is 2. The second-order valence-electron chi connectivity index (χ2n) is 6.45. The van der Waals surface area contributed by atoms with Crippen LogP contribution < -0.4 is 5.32 Å². The van der Waals surface area contributed by atoms with Crippen molar-refractivity contribution in [2.24, 2.45) is 10.9 Å². The largest absolute Gasteiger partial charge is 0.381 e. The van der Waals surface area contributed by atoms with Crippen molar-refractivity contribution in [1.82, 2.24) is 10.2 Å². The van der Waals surface area contributed by atoms with Crippen LogP contribution in [-0.4, -0.2) is 50.8 Å². The Balaban J connectivity index is 1.88. The van der Waals surface area contributed by atoms with Gasteiger partial charge >= 0.3 is 0 Å². The first-order valence-electron chi connectivity index (χ1n) is 9.12. The molecule has 4 nitrogen and oxygen atoms in total. The molecule has 1 N–H and O–H groups in total. The molecule has 0 bridgehead atoms. The first kappa shape index (κ1) is 19.6. The van der Waals surface area contributed by atoms with E-state index in [0.29, 0.717) is 12.5 Å². The van der Waals surface area contributed by atoms with Crippen molar-refractivity contribution in [3.63, 3.8) is 0 Å². The first-order chi connectivity index (χ1) is 12.1. The van der Waals surface area contributed by atoms with E-state index in [2.05, 4.69) is 15.2 Å². The van der Waals surface area contributed by atoms with Crippen molar-refractivity contribution < 1.29 is 13.5 Å². The lowest BCUT2D eigenvalue weighted by Gasteiger charge is -2.26. The van der Waals surface area contributed by atoms with Crippen LogP contribution in [0.1, 0.15) is 31.7 Å². The van der Waals surface area contributed by atoms with Crippen molar-refractivity contribution in [2.75, 3.05) is 39.9 Å². The third kappa shape index (κ3) is 6.27. The number of ether oxygens (including phenoxy) is 1. The summed E-state index contributed by atoms with van der Waals surface area (Å²) in [5.41, 5.74) is 0.104. The second kappa shape index (κ2) is 10.3. The zero-order valence-electron chi connectivity index (χ0n) is 15.2. The van der Waals surface area contributed by atoms with Crippen molar-refractivity contribution in [1.29, 1.82) is 0 Å². The topological polar surface area (TPSA) is 36.9 Å². The molecule has 1 fully saturated rings. The minimum absolute atomic E-state index is 0.104. The van der Waals surface area contributed by atoms with Gasteiger partial charge in [-0.25, -0.2) is 8.78 Å². The maximum atomic E-state index is 13.7. The molecule has 1 aliphatic heterocycles. The Kier molecular flexibility index (Phi) is 8.12. The van der Waals surface area contributed by atoms with E-state index in [1.165, 1.54) is 18.2 Å². The van der Waals surface area contributed by atoms with Gasteiger partial charge in [0.25, 0.3) is 0 Å². The summed E-state index contributed by atoms with van der Waals surface area (Å²) < 4.78 is 32.8. The van der Waals surface area contributed by atoms with E-state index in [4.69, 9.17) is 4.74 Å². The summed E-state index contributed by atoms with van der Waals surface area (Å²) in [6.45, 7) is 5.74. The Morgan fingerprint density at radius 3 is 2.60 bits per heavy atom. The third-order valence-electron chi connectivity index (χ3n) is 4.60. The summed E-state index contributed by atoms with van der Waals surface area (Å²) in [6, 6.07) is 3.95. The third-order valence-corrected chi connectivity index (χ3v) is 4.60. The van der Waals surface area contributed by atoms with Crippen molar-refractivity contribution in [3.05, 3.63) is 35.4 Å². The molecule has 0 unspecified atom stereocenters. The normalized spacial score (nSPS) is 16.1. The van der Waals surface area contributed by atoms with Gasteiger partial charge in [0, 0.05) is 45.5 Å². The molecule has 0 aromatic heterocycles. The van der Waals surface area contributed by atoms with Crippen LogP contribution in [0.3, 0.4) is 0 Å². The molecule has 0 radical (unpaired) electrons. The van der Waals surface area contributed by atoms with Crippen molar-refractivity contribution in [2.45, 2.75) is 32.6 Å². The number of hydrogen-bond acceptors (Lipinski definition) is 2. The summed E-state index contributed by atoms with van der Waals surface area (Å²) in [6.07, 6.45) is 3.59.